The maximum atomic E-state index is 11.0. The molecule has 0 aliphatic rings. The Hall–Kier alpha value is -1.76. The van der Waals surface area contributed by atoms with E-state index in [0.717, 1.165) is 0 Å². The number of carboxylic acid groups (broad SMARTS) is 1. The van der Waals surface area contributed by atoms with Crippen LogP contribution in [0.3, 0.4) is 0 Å². The first kappa shape index (κ1) is 15.3. The zero-order valence-corrected chi connectivity index (χ0v) is 11.8. The Morgan fingerprint density at radius 1 is 1.53 bits per heavy atom. The van der Waals surface area contributed by atoms with Crippen LogP contribution in [0.5, 0.6) is 0 Å². The average Bonchev–Trinajstić information content (AvgIpc) is 2.36. The number of aromatic carboxylic acids is 1. The van der Waals surface area contributed by atoms with Crippen molar-refractivity contribution in [1.29, 1.82) is 0 Å². The predicted molar refractivity (Wildman–Crippen MR) is 76.1 cm³/mol. The Bertz CT molecular complexity index is 503. The Morgan fingerprint density at radius 2 is 2.16 bits per heavy atom. The molecular formula is C12H16N2O4S. The molecule has 0 saturated carbocycles. The fourth-order valence-corrected chi connectivity index (χ4v) is 1.58. The molecule has 0 fully saturated rings. The van der Waals surface area contributed by atoms with E-state index >= 15 is 0 Å². The van der Waals surface area contributed by atoms with Crippen molar-refractivity contribution in [1.82, 2.24) is 0 Å². The number of nitro groups is 1. The smallest absolute Gasteiger partial charge is 0.342 e. The summed E-state index contributed by atoms with van der Waals surface area (Å²) in [5, 5.41) is 22.8. The number of nitrogens with one attached hydrogen (secondary N) is 1. The Kier molecular flexibility index (Phi) is 4.77. The van der Waals surface area contributed by atoms with Crippen LogP contribution in [0.4, 0.5) is 11.4 Å². The van der Waals surface area contributed by atoms with E-state index in [2.05, 4.69) is 5.32 Å². The Balaban J connectivity index is 2.97. The number of carboxylic acids is 1. The first-order chi connectivity index (χ1) is 8.76. The van der Waals surface area contributed by atoms with Gasteiger partial charge in [0.1, 0.15) is 5.56 Å². The van der Waals surface area contributed by atoms with Crippen molar-refractivity contribution in [2.24, 2.45) is 0 Å². The molecule has 0 aliphatic heterocycles. The van der Waals surface area contributed by atoms with Gasteiger partial charge in [-0.05, 0) is 32.2 Å². The van der Waals surface area contributed by atoms with Crippen molar-refractivity contribution in [2.75, 3.05) is 18.1 Å². The van der Waals surface area contributed by atoms with Crippen LogP contribution >= 0.6 is 11.8 Å². The van der Waals surface area contributed by atoms with Crippen molar-refractivity contribution in [3.8, 4) is 0 Å². The highest BCUT2D eigenvalue weighted by molar-refractivity contribution is 7.99. The van der Waals surface area contributed by atoms with Gasteiger partial charge in [-0.25, -0.2) is 4.79 Å². The summed E-state index contributed by atoms with van der Waals surface area (Å²) in [6.07, 6.45) is 1.99. The van der Waals surface area contributed by atoms with E-state index in [1.54, 1.807) is 11.8 Å². The fraction of sp³-hybridized carbons (Fsp3) is 0.417. The molecule has 0 unspecified atom stereocenters. The highest BCUT2D eigenvalue weighted by Crippen LogP contribution is 2.25. The quantitative estimate of drug-likeness (QED) is 0.616. The van der Waals surface area contributed by atoms with Gasteiger partial charge in [0, 0.05) is 23.0 Å². The summed E-state index contributed by atoms with van der Waals surface area (Å²) in [5.41, 5.74) is -0.149. The molecule has 1 rings (SSSR count). The average molecular weight is 284 g/mol. The number of benzene rings is 1. The van der Waals surface area contributed by atoms with Crippen molar-refractivity contribution in [2.45, 2.75) is 18.6 Å². The molecule has 0 radical (unpaired) electrons. The van der Waals surface area contributed by atoms with E-state index in [1.807, 2.05) is 20.1 Å². The van der Waals surface area contributed by atoms with Crippen molar-refractivity contribution in [3.05, 3.63) is 33.9 Å². The predicted octanol–water partition coefficient (Wildman–Crippen LogP) is 2.85. The maximum absolute atomic E-state index is 11.0. The normalized spacial score (nSPS) is 11.1. The molecule has 0 aromatic heterocycles. The summed E-state index contributed by atoms with van der Waals surface area (Å²) >= 11 is 1.68. The molecule has 19 heavy (non-hydrogen) atoms. The van der Waals surface area contributed by atoms with Crippen molar-refractivity contribution >= 4 is 29.1 Å². The Morgan fingerprint density at radius 3 is 2.63 bits per heavy atom. The SMILES string of the molecule is CSC(C)(C)CNc1ccc([N+](=O)[O-])c(C(=O)O)c1. The summed E-state index contributed by atoms with van der Waals surface area (Å²) in [7, 11) is 0. The molecule has 0 spiro atoms. The van der Waals surface area contributed by atoms with Gasteiger partial charge in [-0.3, -0.25) is 10.1 Å². The van der Waals surface area contributed by atoms with Gasteiger partial charge in [0.25, 0.3) is 5.69 Å². The molecule has 0 atom stereocenters. The second-order valence-electron chi connectivity index (χ2n) is 4.61. The molecular weight excluding hydrogens is 268 g/mol. The van der Waals surface area contributed by atoms with Gasteiger partial charge in [0.15, 0.2) is 0 Å². The Labute approximate surface area is 115 Å². The zero-order chi connectivity index (χ0) is 14.6. The van der Waals surface area contributed by atoms with Gasteiger partial charge >= 0.3 is 5.97 Å². The number of thioether (sulfide) groups is 1. The van der Waals surface area contributed by atoms with Crippen LogP contribution in [-0.2, 0) is 0 Å². The highest BCUT2D eigenvalue weighted by Gasteiger charge is 2.21. The van der Waals surface area contributed by atoms with Gasteiger partial charge in [-0.2, -0.15) is 11.8 Å². The number of hydrogen-bond acceptors (Lipinski definition) is 5. The van der Waals surface area contributed by atoms with E-state index in [0.29, 0.717) is 12.2 Å². The second-order valence-corrected chi connectivity index (χ2v) is 6.12. The van der Waals surface area contributed by atoms with Gasteiger partial charge < -0.3 is 10.4 Å². The van der Waals surface area contributed by atoms with Gasteiger partial charge in [0.2, 0.25) is 0 Å². The number of carbonyl (C=O) groups is 1. The standard InChI is InChI=1S/C12H16N2O4S/c1-12(2,19-3)7-13-8-4-5-10(14(17)18)9(6-8)11(15)16/h4-6,13H,7H2,1-3H3,(H,15,16). The van der Waals surface area contributed by atoms with Crippen LogP contribution in [0.2, 0.25) is 0 Å². The molecule has 0 bridgehead atoms. The number of rotatable bonds is 6. The molecule has 0 aliphatic carbocycles. The summed E-state index contributed by atoms with van der Waals surface area (Å²) < 4.78 is -0.00877. The number of nitrogens with zero attached hydrogens (tertiary/aromatic N) is 1. The number of nitro benzene ring substituents is 1. The third-order valence-electron chi connectivity index (χ3n) is 2.69. The van der Waals surface area contributed by atoms with Crippen LogP contribution in [0.25, 0.3) is 0 Å². The minimum absolute atomic E-state index is 0.00877. The lowest BCUT2D eigenvalue weighted by molar-refractivity contribution is -0.385. The van der Waals surface area contributed by atoms with E-state index in [-0.39, 0.29) is 10.3 Å². The lowest BCUT2D eigenvalue weighted by atomic mass is 10.1. The van der Waals surface area contributed by atoms with Gasteiger partial charge in [-0.15, -0.1) is 0 Å². The largest absolute Gasteiger partial charge is 0.477 e. The van der Waals surface area contributed by atoms with Crippen LogP contribution in [0, 0.1) is 10.1 Å². The summed E-state index contributed by atoms with van der Waals surface area (Å²) in [6.45, 7) is 4.73. The van der Waals surface area contributed by atoms with Crippen LogP contribution < -0.4 is 5.32 Å². The lowest BCUT2D eigenvalue weighted by Crippen LogP contribution is -2.25. The molecule has 0 heterocycles. The zero-order valence-electron chi connectivity index (χ0n) is 11.0. The molecule has 1 aromatic carbocycles. The molecule has 0 saturated heterocycles. The summed E-state index contributed by atoms with van der Waals surface area (Å²) in [6, 6.07) is 4.01. The van der Waals surface area contributed by atoms with Crippen LogP contribution in [0.15, 0.2) is 18.2 Å². The minimum Gasteiger partial charge on any atom is -0.477 e. The van der Waals surface area contributed by atoms with Crippen LogP contribution in [0.1, 0.15) is 24.2 Å². The third kappa shape index (κ3) is 4.13. The summed E-state index contributed by atoms with van der Waals surface area (Å²) in [5.74, 6) is -1.31. The molecule has 104 valence electrons. The minimum atomic E-state index is -1.31. The van der Waals surface area contributed by atoms with Gasteiger partial charge in [0.05, 0.1) is 4.92 Å². The molecule has 2 N–H and O–H groups in total. The van der Waals surface area contributed by atoms with E-state index < -0.39 is 16.6 Å². The number of hydrogen-bond donors (Lipinski definition) is 2. The maximum Gasteiger partial charge on any atom is 0.342 e. The first-order valence-corrected chi connectivity index (χ1v) is 6.80. The van der Waals surface area contributed by atoms with Crippen LogP contribution in [-0.4, -0.2) is 33.5 Å². The topological polar surface area (TPSA) is 92.5 Å². The van der Waals surface area contributed by atoms with E-state index in [4.69, 9.17) is 5.11 Å². The number of anilines is 1. The van der Waals surface area contributed by atoms with E-state index in [9.17, 15) is 14.9 Å². The summed E-state index contributed by atoms with van der Waals surface area (Å²) in [4.78, 5) is 21.0. The molecule has 7 heteroatoms. The fourth-order valence-electron chi connectivity index (χ4n) is 1.36. The molecule has 1 aromatic rings. The first-order valence-electron chi connectivity index (χ1n) is 5.57. The lowest BCUT2D eigenvalue weighted by Gasteiger charge is -2.23. The second kappa shape index (κ2) is 5.92. The third-order valence-corrected chi connectivity index (χ3v) is 3.94. The van der Waals surface area contributed by atoms with Gasteiger partial charge in [-0.1, -0.05) is 0 Å². The highest BCUT2D eigenvalue weighted by atomic mass is 32.2. The monoisotopic (exact) mass is 284 g/mol. The van der Waals surface area contributed by atoms with Crippen molar-refractivity contribution in [3.63, 3.8) is 0 Å². The molecule has 6 nitrogen and oxygen atoms in total. The molecule has 0 amide bonds. The van der Waals surface area contributed by atoms with E-state index in [1.165, 1.54) is 18.2 Å². The van der Waals surface area contributed by atoms with Crippen molar-refractivity contribution < 1.29 is 14.8 Å².